The minimum Gasteiger partial charge on any atom is -0.493 e. The first-order chi connectivity index (χ1) is 14.7. The average Bonchev–Trinajstić information content (AvgIpc) is 2.78. The zero-order valence-corrected chi connectivity index (χ0v) is 17.7. The summed E-state index contributed by atoms with van der Waals surface area (Å²) in [6, 6.07) is 14.0. The van der Waals surface area contributed by atoms with Crippen molar-refractivity contribution in [3.05, 3.63) is 65.2 Å². The molecule has 2 aromatic carbocycles. The molecule has 0 radical (unpaired) electrons. The van der Waals surface area contributed by atoms with E-state index in [9.17, 15) is 4.79 Å². The highest BCUT2D eigenvalue weighted by Crippen LogP contribution is 2.28. The van der Waals surface area contributed by atoms with Gasteiger partial charge in [-0.1, -0.05) is 42.5 Å². The van der Waals surface area contributed by atoms with E-state index in [4.69, 9.17) is 14.2 Å². The zero-order valence-electron chi connectivity index (χ0n) is 17.7. The van der Waals surface area contributed by atoms with Crippen LogP contribution in [-0.2, 0) is 22.6 Å². The number of benzene rings is 2. The van der Waals surface area contributed by atoms with Gasteiger partial charge in [0, 0.05) is 26.2 Å². The molecule has 6 heteroatoms. The van der Waals surface area contributed by atoms with E-state index >= 15 is 0 Å². The molecular weight excluding hydrogens is 380 g/mol. The fraction of sp³-hybridized carbons (Fsp3) is 0.375. The van der Waals surface area contributed by atoms with Crippen molar-refractivity contribution < 1.29 is 19.0 Å². The van der Waals surface area contributed by atoms with Gasteiger partial charge in [0.05, 0.1) is 20.3 Å². The maximum atomic E-state index is 12.2. The van der Waals surface area contributed by atoms with Crippen LogP contribution in [0.3, 0.4) is 0 Å². The smallest absolute Gasteiger partial charge is 0.258 e. The normalized spacial score (nSPS) is 14.6. The molecule has 0 spiro atoms. The molecule has 1 aliphatic heterocycles. The highest BCUT2D eigenvalue weighted by atomic mass is 16.5. The molecule has 1 N–H and O–H groups in total. The topological polar surface area (TPSA) is 60.0 Å². The van der Waals surface area contributed by atoms with Crippen LogP contribution in [0.25, 0.3) is 6.08 Å². The second kappa shape index (κ2) is 11.4. The number of amides is 1. The molecule has 6 nitrogen and oxygen atoms in total. The Bertz CT molecular complexity index is 843. The van der Waals surface area contributed by atoms with E-state index in [0.29, 0.717) is 18.0 Å². The van der Waals surface area contributed by atoms with Gasteiger partial charge in [-0.15, -0.1) is 0 Å². The minimum absolute atomic E-state index is 0.0611. The molecule has 2 aromatic rings. The molecular formula is C24H30N2O4. The second-order valence-corrected chi connectivity index (χ2v) is 7.18. The highest BCUT2D eigenvalue weighted by molar-refractivity contribution is 5.77. The lowest BCUT2D eigenvalue weighted by atomic mass is 10.1. The average molecular weight is 411 g/mol. The van der Waals surface area contributed by atoms with Gasteiger partial charge >= 0.3 is 0 Å². The number of allylic oxidation sites excluding steroid dienone is 1. The molecule has 30 heavy (non-hydrogen) atoms. The van der Waals surface area contributed by atoms with Crippen LogP contribution < -0.4 is 14.8 Å². The molecule has 0 bridgehead atoms. The molecule has 0 atom stereocenters. The third-order valence-electron chi connectivity index (χ3n) is 4.93. The van der Waals surface area contributed by atoms with Gasteiger partial charge in [0.15, 0.2) is 18.1 Å². The van der Waals surface area contributed by atoms with Gasteiger partial charge < -0.3 is 19.5 Å². The van der Waals surface area contributed by atoms with Gasteiger partial charge in [-0.3, -0.25) is 9.69 Å². The monoisotopic (exact) mass is 410 g/mol. The van der Waals surface area contributed by atoms with Crippen LogP contribution >= 0.6 is 0 Å². The summed E-state index contributed by atoms with van der Waals surface area (Å²) in [6.07, 6.45) is 3.93. The number of carbonyl (C=O) groups is 1. The summed E-state index contributed by atoms with van der Waals surface area (Å²) in [7, 11) is 1.59. The quantitative estimate of drug-likeness (QED) is 0.688. The summed E-state index contributed by atoms with van der Waals surface area (Å²) in [4.78, 5) is 14.6. The van der Waals surface area contributed by atoms with Crippen molar-refractivity contribution in [2.45, 2.75) is 20.0 Å². The van der Waals surface area contributed by atoms with Crippen molar-refractivity contribution in [2.75, 3.05) is 40.0 Å². The van der Waals surface area contributed by atoms with Crippen molar-refractivity contribution in [3.8, 4) is 11.5 Å². The molecule has 1 aliphatic rings. The Labute approximate surface area is 178 Å². The minimum atomic E-state index is -0.174. The van der Waals surface area contributed by atoms with E-state index in [1.165, 1.54) is 5.56 Å². The standard InChI is InChI=1S/C24H30N2O4/c1-3-4-19-9-10-22(23(15-19)28-2)30-18-24(27)25-16-20-5-7-21(8-6-20)17-26-11-13-29-14-12-26/h3-10,15H,11-14,16-18H2,1-2H3,(H,25,27)/b4-3+. The van der Waals surface area contributed by atoms with Crippen LogP contribution in [0.15, 0.2) is 48.5 Å². The molecule has 1 amide bonds. The van der Waals surface area contributed by atoms with Crippen LogP contribution in [0.2, 0.25) is 0 Å². The van der Waals surface area contributed by atoms with Crippen molar-refractivity contribution in [1.29, 1.82) is 0 Å². The van der Waals surface area contributed by atoms with Gasteiger partial charge in [-0.25, -0.2) is 0 Å². The van der Waals surface area contributed by atoms with Crippen molar-refractivity contribution in [1.82, 2.24) is 10.2 Å². The predicted octanol–water partition coefficient (Wildman–Crippen LogP) is 3.26. The van der Waals surface area contributed by atoms with Crippen molar-refractivity contribution in [3.63, 3.8) is 0 Å². The van der Waals surface area contributed by atoms with E-state index in [2.05, 4.69) is 34.5 Å². The van der Waals surface area contributed by atoms with Gasteiger partial charge in [0.1, 0.15) is 0 Å². The van der Waals surface area contributed by atoms with Crippen LogP contribution in [0.5, 0.6) is 11.5 Å². The van der Waals surface area contributed by atoms with Crippen molar-refractivity contribution in [2.24, 2.45) is 0 Å². The number of methoxy groups -OCH3 is 1. The van der Waals surface area contributed by atoms with E-state index < -0.39 is 0 Å². The molecule has 1 fully saturated rings. The summed E-state index contributed by atoms with van der Waals surface area (Å²) in [5.41, 5.74) is 3.34. The van der Waals surface area contributed by atoms with Crippen LogP contribution in [0.4, 0.5) is 0 Å². The number of hydrogen-bond donors (Lipinski definition) is 1. The molecule has 0 aromatic heterocycles. The Morgan fingerprint density at radius 2 is 1.83 bits per heavy atom. The summed E-state index contributed by atoms with van der Waals surface area (Å²) < 4.78 is 16.4. The SMILES string of the molecule is C/C=C/c1ccc(OCC(=O)NCc2ccc(CN3CCOCC3)cc2)c(OC)c1. The number of hydrogen-bond acceptors (Lipinski definition) is 5. The molecule has 0 aliphatic carbocycles. The first-order valence-electron chi connectivity index (χ1n) is 10.3. The first kappa shape index (κ1) is 21.9. The van der Waals surface area contributed by atoms with Gasteiger partial charge in [-0.2, -0.15) is 0 Å². The maximum Gasteiger partial charge on any atom is 0.258 e. The summed E-state index contributed by atoms with van der Waals surface area (Å²) in [5.74, 6) is 0.981. The Morgan fingerprint density at radius 1 is 1.10 bits per heavy atom. The number of rotatable bonds is 9. The highest BCUT2D eigenvalue weighted by Gasteiger charge is 2.11. The van der Waals surface area contributed by atoms with Crippen molar-refractivity contribution >= 4 is 12.0 Å². The molecule has 3 rings (SSSR count). The maximum absolute atomic E-state index is 12.2. The molecule has 160 valence electrons. The molecule has 0 saturated carbocycles. The molecule has 1 saturated heterocycles. The predicted molar refractivity (Wildman–Crippen MR) is 118 cm³/mol. The zero-order chi connectivity index (χ0) is 21.2. The van der Waals surface area contributed by atoms with Gasteiger partial charge in [-0.05, 0) is 35.7 Å². The summed E-state index contributed by atoms with van der Waals surface area (Å²) in [6.45, 7) is 6.85. The number of carbonyl (C=O) groups excluding carboxylic acids is 1. The molecule has 1 heterocycles. The Hall–Kier alpha value is -2.83. The van der Waals surface area contributed by atoms with E-state index in [1.54, 1.807) is 7.11 Å². The van der Waals surface area contributed by atoms with Gasteiger partial charge in [0.2, 0.25) is 0 Å². The van der Waals surface area contributed by atoms with Gasteiger partial charge in [0.25, 0.3) is 5.91 Å². The van der Waals surface area contributed by atoms with Crippen LogP contribution in [0, 0.1) is 0 Å². The van der Waals surface area contributed by atoms with Crippen LogP contribution in [-0.4, -0.2) is 50.8 Å². The lowest BCUT2D eigenvalue weighted by molar-refractivity contribution is -0.123. The third kappa shape index (κ3) is 6.61. The number of nitrogens with one attached hydrogen (secondary N) is 1. The Morgan fingerprint density at radius 3 is 2.53 bits per heavy atom. The third-order valence-corrected chi connectivity index (χ3v) is 4.93. The summed E-state index contributed by atoms with van der Waals surface area (Å²) >= 11 is 0. The first-order valence-corrected chi connectivity index (χ1v) is 10.3. The lowest BCUT2D eigenvalue weighted by Crippen LogP contribution is -2.35. The van der Waals surface area contributed by atoms with Crippen LogP contribution in [0.1, 0.15) is 23.6 Å². The fourth-order valence-electron chi connectivity index (χ4n) is 3.27. The summed E-state index contributed by atoms with van der Waals surface area (Å²) in [5, 5.41) is 2.90. The fourth-order valence-corrected chi connectivity index (χ4v) is 3.27. The largest absolute Gasteiger partial charge is 0.493 e. The number of morpholine rings is 1. The Balaban J connectivity index is 1.44. The Kier molecular flexibility index (Phi) is 8.30. The second-order valence-electron chi connectivity index (χ2n) is 7.18. The van der Waals surface area contributed by atoms with E-state index in [1.807, 2.05) is 37.3 Å². The lowest BCUT2D eigenvalue weighted by Gasteiger charge is -2.26. The number of ether oxygens (including phenoxy) is 3. The number of nitrogens with zero attached hydrogens (tertiary/aromatic N) is 1. The van der Waals surface area contributed by atoms with E-state index in [0.717, 1.165) is 44.0 Å². The van der Waals surface area contributed by atoms with E-state index in [-0.39, 0.29) is 12.5 Å². The molecule has 0 unspecified atom stereocenters.